The van der Waals surface area contributed by atoms with Crippen LogP contribution in [0.25, 0.3) is 0 Å². The minimum absolute atomic E-state index is 0.00130. The molecule has 0 aliphatic rings. The summed E-state index contributed by atoms with van der Waals surface area (Å²) in [5.41, 5.74) is 3.26. The zero-order chi connectivity index (χ0) is 17.1. The molecular formula is C17H16F2N2O2. The summed E-state index contributed by atoms with van der Waals surface area (Å²) < 4.78 is 25.9. The van der Waals surface area contributed by atoms with E-state index in [1.165, 1.54) is 6.07 Å². The maximum atomic E-state index is 13.1. The molecule has 0 aliphatic carbocycles. The molecule has 0 aliphatic heterocycles. The third kappa shape index (κ3) is 3.91. The van der Waals surface area contributed by atoms with Gasteiger partial charge in [0.25, 0.3) is 0 Å². The van der Waals surface area contributed by atoms with Crippen LogP contribution in [0.5, 0.6) is 0 Å². The van der Waals surface area contributed by atoms with Crippen molar-refractivity contribution in [2.75, 3.05) is 10.6 Å². The van der Waals surface area contributed by atoms with E-state index in [1.807, 2.05) is 32.9 Å². The number of aryl methyl sites for hydroxylation is 3. The smallest absolute Gasteiger partial charge is 0.314 e. The first-order valence-electron chi connectivity index (χ1n) is 6.93. The molecule has 6 heteroatoms. The van der Waals surface area contributed by atoms with Gasteiger partial charge in [-0.25, -0.2) is 8.78 Å². The average molecular weight is 318 g/mol. The molecule has 0 spiro atoms. The van der Waals surface area contributed by atoms with E-state index in [0.29, 0.717) is 5.69 Å². The summed E-state index contributed by atoms with van der Waals surface area (Å²) in [4.78, 5) is 23.8. The lowest BCUT2D eigenvalue weighted by atomic mass is 10.1. The van der Waals surface area contributed by atoms with Gasteiger partial charge in [-0.1, -0.05) is 17.7 Å². The molecule has 23 heavy (non-hydrogen) atoms. The van der Waals surface area contributed by atoms with Crippen LogP contribution >= 0.6 is 0 Å². The Kier molecular flexibility index (Phi) is 4.74. The fourth-order valence-corrected chi connectivity index (χ4v) is 2.31. The van der Waals surface area contributed by atoms with Crippen molar-refractivity contribution in [3.8, 4) is 0 Å². The van der Waals surface area contributed by atoms with E-state index in [9.17, 15) is 18.4 Å². The lowest BCUT2D eigenvalue weighted by Crippen LogP contribution is -2.29. The number of benzene rings is 2. The summed E-state index contributed by atoms with van der Waals surface area (Å²) in [6.45, 7) is 5.58. The fourth-order valence-electron chi connectivity index (χ4n) is 2.31. The number of carbonyl (C=O) groups is 2. The highest BCUT2D eigenvalue weighted by Gasteiger charge is 2.17. The van der Waals surface area contributed by atoms with Crippen molar-refractivity contribution < 1.29 is 18.4 Å². The van der Waals surface area contributed by atoms with Crippen molar-refractivity contribution in [1.82, 2.24) is 0 Å². The topological polar surface area (TPSA) is 58.2 Å². The minimum Gasteiger partial charge on any atom is -0.318 e. The zero-order valence-corrected chi connectivity index (χ0v) is 13.0. The van der Waals surface area contributed by atoms with E-state index in [2.05, 4.69) is 10.6 Å². The molecule has 2 rings (SSSR count). The van der Waals surface area contributed by atoms with Gasteiger partial charge in [-0.15, -0.1) is 0 Å². The van der Waals surface area contributed by atoms with Gasteiger partial charge in [0, 0.05) is 17.4 Å². The summed E-state index contributed by atoms with van der Waals surface area (Å²) in [6.07, 6.45) is 0. The van der Waals surface area contributed by atoms with Crippen LogP contribution < -0.4 is 10.6 Å². The second kappa shape index (κ2) is 6.56. The van der Waals surface area contributed by atoms with Crippen molar-refractivity contribution >= 4 is 23.2 Å². The first kappa shape index (κ1) is 16.6. The monoisotopic (exact) mass is 318 g/mol. The summed E-state index contributed by atoms with van der Waals surface area (Å²) in [6, 6.07) is 6.62. The van der Waals surface area contributed by atoms with E-state index in [1.54, 1.807) is 0 Å². The number of nitrogens with one attached hydrogen (secondary N) is 2. The fraction of sp³-hybridized carbons (Fsp3) is 0.176. The molecule has 2 aromatic carbocycles. The van der Waals surface area contributed by atoms with Gasteiger partial charge in [0.15, 0.2) is 11.6 Å². The van der Waals surface area contributed by atoms with Gasteiger partial charge in [0.1, 0.15) is 0 Å². The second-order valence-electron chi connectivity index (χ2n) is 5.31. The maximum Gasteiger partial charge on any atom is 0.314 e. The summed E-state index contributed by atoms with van der Waals surface area (Å²) in [5.74, 6) is -3.98. The molecule has 0 aromatic heterocycles. The van der Waals surface area contributed by atoms with E-state index in [-0.39, 0.29) is 5.69 Å². The van der Waals surface area contributed by atoms with Gasteiger partial charge < -0.3 is 10.6 Å². The average Bonchev–Trinajstić information content (AvgIpc) is 2.46. The Morgan fingerprint density at radius 1 is 0.826 bits per heavy atom. The Morgan fingerprint density at radius 3 is 1.96 bits per heavy atom. The molecule has 0 heterocycles. The number of hydrogen-bond donors (Lipinski definition) is 2. The van der Waals surface area contributed by atoms with Crippen LogP contribution in [0.1, 0.15) is 16.7 Å². The van der Waals surface area contributed by atoms with Gasteiger partial charge in [-0.3, -0.25) is 9.59 Å². The molecule has 0 bridgehead atoms. The lowest BCUT2D eigenvalue weighted by Gasteiger charge is -2.12. The molecule has 0 saturated heterocycles. The Bertz CT molecular complexity index is 765. The quantitative estimate of drug-likeness (QED) is 0.833. The van der Waals surface area contributed by atoms with Gasteiger partial charge in [-0.2, -0.15) is 0 Å². The summed E-state index contributed by atoms with van der Waals surface area (Å²) in [5, 5.41) is 4.76. The highest BCUT2D eigenvalue weighted by Crippen LogP contribution is 2.22. The number of halogens is 2. The highest BCUT2D eigenvalue weighted by atomic mass is 19.2. The van der Waals surface area contributed by atoms with Gasteiger partial charge >= 0.3 is 11.8 Å². The second-order valence-corrected chi connectivity index (χ2v) is 5.31. The van der Waals surface area contributed by atoms with Crippen LogP contribution in [0.4, 0.5) is 20.2 Å². The Labute approximate surface area is 132 Å². The molecular weight excluding hydrogens is 302 g/mol. The molecule has 2 N–H and O–H groups in total. The SMILES string of the molecule is Cc1cc(C)c(NC(=O)C(=O)Nc2ccc(F)c(F)c2)c(C)c1. The molecule has 2 aromatic rings. The van der Waals surface area contributed by atoms with Crippen LogP contribution in [0.15, 0.2) is 30.3 Å². The Hall–Kier alpha value is -2.76. The van der Waals surface area contributed by atoms with Gasteiger partial charge in [0.2, 0.25) is 0 Å². The number of anilines is 2. The standard InChI is InChI=1S/C17H16F2N2O2/c1-9-6-10(2)15(11(3)7-9)21-17(23)16(22)20-12-4-5-13(18)14(19)8-12/h4-8H,1-3H3,(H,20,22)(H,21,23). The predicted molar refractivity (Wildman–Crippen MR) is 84.3 cm³/mol. The molecule has 0 fully saturated rings. The largest absolute Gasteiger partial charge is 0.318 e. The van der Waals surface area contributed by atoms with Crippen molar-refractivity contribution in [2.24, 2.45) is 0 Å². The first-order valence-corrected chi connectivity index (χ1v) is 6.93. The van der Waals surface area contributed by atoms with Crippen molar-refractivity contribution in [3.63, 3.8) is 0 Å². The molecule has 0 saturated carbocycles. The van der Waals surface area contributed by atoms with E-state index < -0.39 is 23.4 Å². The van der Waals surface area contributed by atoms with Gasteiger partial charge in [0.05, 0.1) is 0 Å². The van der Waals surface area contributed by atoms with Gasteiger partial charge in [-0.05, 0) is 44.0 Å². The molecule has 0 atom stereocenters. The van der Waals surface area contributed by atoms with Crippen LogP contribution in [-0.2, 0) is 9.59 Å². The predicted octanol–water partition coefficient (Wildman–Crippen LogP) is 3.47. The number of amides is 2. The minimum atomic E-state index is -1.10. The van der Waals surface area contributed by atoms with Crippen molar-refractivity contribution in [2.45, 2.75) is 20.8 Å². The van der Waals surface area contributed by atoms with E-state index >= 15 is 0 Å². The van der Waals surface area contributed by atoms with Crippen molar-refractivity contribution in [3.05, 3.63) is 58.7 Å². The third-order valence-corrected chi connectivity index (χ3v) is 3.30. The normalized spacial score (nSPS) is 10.3. The maximum absolute atomic E-state index is 13.1. The third-order valence-electron chi connectivity index (χ3n) is 3.30. The molecule has 4 nitrogen and oxygen atoms in total. The van der Waals surface area contributed by atoms with Crippen LogP contribution in [0, 0.1) is 32.4 Å². The Morgan fingerprint density at radius 2 is 1.39 bits per heavy atom. The van der Waals surface area contributed by atoms with E-state index in [0.717, 1.165) is 28.8 Å². The summed E-state index contributed by atoms with van der Waals surface area (Å²) >= 11 is 0. The first-order chi connectivity index (χ1) is 10.8. The Balaban J connectivity index is 2.11. The molecule has 2 amide bonds. The number of rotatable bonds is 2. The molecule has 0 radical (unpaired) electrons. The lowest BCUT2D eigenvalue weighted by molar-refractivity contribution is -0.133. The van der Waals surface area contributed by atoms with Crippen LogP contribution in [0.3, 0.4) is 0 Å². The molecule has 120 valence electrons. The zero-order valence-electron chi connectivity index (χ0n) is 13.0. The highest BCUT2D eigenvalue weighted by molar-refractivity contribution is 6.43. The van der Waals surface area contributed by atoms with Crippen LogP contribution in [-0.4, -0.2) is 11.8 Å². The summed E-state index contributed by atoms with van der Waals surface area (Å²) in [7, 11) is 0. The number of carbonyl (C=O) groups excluding carboxylic acids is 2. The van der Waals surface area contributed by atoms with Crippen LogP contribution in [0.2, 0.25) is 0 Å². The van der Waals surface area contributed by atoms with Crippen molar-refractivity contribution in [1.29, 1.82) is 0 Å². The number of hydrogen-bond acceptors (Lipinski definition) is 2. The molecule has 0 unspecified atom stereocenters. The van der Waals surface area contributed by atoms with E-state index in [4.69, 9.17) is 0 Å².